The van der Waals surface area contributed by atoms with Gasteiger partial charge >= 0.3 is 0 Å². The number of nitrogens with zero attached hydrogens (tertiary/aromatic N) is 1. The smallest absolute Gasteiger partial charge is 0.240 e. The summed E-state index contributed by atoms with van der Waals surface area (Å²) in [7, 11) is -0.792. The number of nitrogens with one attached hydrogen (secondary N) is 1. The molecule has 0 bridgehead atoms. The fourth-order valence-corrected chi connectivity index (χ4v) is 3.81. The van der Waals surface area contributed by atoms with Crippen LogP contribution in [-0.4, -0.2) is 60.6 Å². The molecule has 2 aromatic carbocycles. The van der Waals surface area contributed by atoms with E-state index in [2.05, 4.69) is 5.32 Å². The van der Waals surface area contributed by atoms with Crippen LogP contribution in [0.15, 0.2) is 42.5 Å². The number of benzene rings is 2. The van der Waals surface area contributed by atoms with Gasteiger partial charge in [-0.05, 0) is 24.3 Å². The molecule has 2 aromatic rings. The van der Waals surface area contributed by atoms with Gasteiger partial charge in [0.15, 0.2) is 23.0 Å². The summed E-state index contributed by atoms with van der Waals surface area (Å²) in [6.07, 6.45) is 0.656. The third-order valence-corrected chi connectivity index (χ3v) is 5.58. The Labute approximate surface area is 175 Å². The van der Waals surface area contributed by atoms with Crippen LogP contribution in [0.5, 0.6) is 23.0 Å². The Hall–Kier alpha value is -3.14. The Balaban J connectivity index is 1.65. The average molecular weight is 436 g/mol. The van der Waals surface area contributed by atoms with Crippen LogP contribution in [0.2, 0.25) is 0 Å². The first-order valence-corrected chi connectivity index (χ1v) is 11.0. The minimum Gasteiger partial charge on any atom is -0.493 e. The molecule has 1 aliphatic rings. The molecule has 0 radical (unpaired) electrons. The monoisotopic (exact) mass is 436 g/mol. The number of rotatable bonds is 8. The Morgan fingerprint density at radius 3 is 2.50 bits per heavy atom. The van der Waals surface area contributed by atoms with E-state index in [-0.39, 0.29) is 24.9 Å². The molecule has 1 aliphatic heterocycles. The van der Waals surface area contributed by atoms with E-state index < -0.39 is 22.5 Å². The maximum atomic E-state index is 12.5. The second-order valence-corrected chi connectivity index (χ2v) is 8.52. The van der Waals surface area contributed by atoms with Gasteiger partial charge < -0.3 is 24.3 Å². The number of fused-ring (bicyclic) bond motifs is 1. The van der Waals surface area contributed by atoms with Crippen LogP contribution in [-0.2, 0) is 14.8 Å². The fraction of sp³-hybridized carbons (Fsp3) is 0.350. The number of sulfonamides is 1. The van der Waals surface area contributed by atoms with E-state index in [1.807, 2.05) is 12.1 Å². The highest BCUT2D eigenvalue weighted by Crippen LogP contribution is 2.32. The number of hydrogen-bond acceptors (Lipinski definition) is 7. The molecule has 1 heterocycles. The molecule has 0 unspecified atom stereocenters. The van der Waals surface area contributed by atoms with Crippen molar-refractivity contribution in [2.75, 3.05) is 44.5 Å². The molecule has 1 N–H and O–H groups in total. The zero-order valence-electron chi connectivity index (χ0n) is 17.0. The van der Waals surface area contributed by atoms with Crippen molar-refractivity contribution < 1.29 is 32.2 Å². The Kier molecular flexibility index (Phi) is 6.56. The Bertz CT molecular complexity index is 1010. The first-order valence-electron chi connectivity index (χ1n) is 9.16. The van der Waals surface area contributed by atoms with Crippen LogP contribution in [0.3, 0.4) is 0 Å². The van der Waals surface area contributed by atoms with Gasteiger partial charge in [-0.1, -0.05) is 12.1 Å². The zero-order valence-corrected chi connectivity index (χ0v) is 17.8. The molecule has 0 aliphatic carbocycles. The van der Waals surface area contributed by atoms with Crippen LogP contribution in [0.1, 0.15) is 0 Å². The molecular formula is C20H24N2O7S. The number of carbonyl (C=O) groups is 1. The van der Waals surface area contributed by atoms with Gasteiger partial charge in [-0.25, -0.2) is 8.42 Å². The predicted molar refractivity (Wildman–Crippen MR) is 111 cm³/mol. The molecule has 1 amide bonds. The van der Waals surface area contributed by atoms with Gasteiger partial charge in [-0.3, -0.25) is 9.10 Å². The molecule has 0 aromatic heterocycles. The van der Waals surface area contributed by atoms with E-state index in [4.69, 9.17) is 18.9 Å². The van der Waals surface area contributed by atoms with E-state index in [9.17, 15) is 13.2 Å². The van der Waals surface area contributed by atoms with E-state index >= 15 is 0 Å². The maximum Gasteiger partial charge on any atom is 0.240 e. The van der Waals surface area contributed by atoms with Gasteiger partial charge in [0, 0.05) is 6.07 Å². The fourth-order valence-electron chi connectivity index (χ4n) is 2.96. The van der Waals surface area contributed by atoms with Crippen molar-refractivity contribution >= 4 is 21.6 Å². The second-order valence-electron chi connectivity index (χ2n) is 6.61. The highest BCUT2D eigenvalue weighted by Gasteiger charge is 2.24. The predicted octanol–water partition coefficient (Wildman–Crippen LogP) is 1.43. The second kappa shape index (κ2) is 9.12. The van der Waals surface area contributed by atoms with Gasteiger partial charge in [-0.2, -0.15) is 0 Å². The van der Waals surface area contributed by atoms with Crippen LogP contribution < -0.4 is 28.6 Å². The molecule has 162 valence electrons. The summed E-state index contributed by atoms with van der Waals surface area (Å²) in [5.74, 6) is 1.59. The minimum atomic E-state index is -3.72. The van der Waals surface area contributed by atoms with Crippen LogP contribution in [0, 0.1) is 0 Å². The summed E-state index contributed by atoms with van der Waals surface area (Å²) in [6.45, 7) is 0.0674. The average Bonchev–Trinajstić information content (AvgIpc) is 2.74. The largest absolute Gasteiger partial charge is 0.493 e. The van der Waals surface area contributed by atoms with Crippen molar-refractivity contribution in [3.05, 3.63) is 42.5 Å². The van der Waals surface area contributed by atoms with E-state index in [0.717, 1.165) is 10.6 Å². The number of ether oxygens (including phenoxy) is 4. The summed E-state index contributed by atoms with van der Waals surface area (Å²) in [4.78, 5) is 12.5. The van der Waals surface area contributed by atoms with E-state index in [0.29, 0.717) is 23.0 Å². The normalized spacial score (nSPS) is 15.2. The highest BCUT2D eigenvalue weighted by atomic mass is 32.2. The number of para-hydroxylation sites is 2. The molecule has 10 heteroatoms. The standard InChI is InChI=1S/C20H24N2O7S/c1-26-16-9-8-14(10-19(16)27-2)22(30(3,24)25)12-20(23)21-11-15-13-28-17-6-4-5-7-18(17)29-15/h4-10,15H,11-13H2,1-3H3,(H,21,23)/t15-/m1/s1. The van der Waals surface area contributed by atoms with Crippen molar-refractivity contribution in [3.63, 3.8) is 0 Å². The van der Waals surface area contributed by atoms with Crippen molar-refractivity contribution in [1.82, 2.24) is 5.32 Å². The number of hydrogen-bond donors (Lipinski definition) is 1. The zero-order chi connectivity index (χ0) is 21.7. The third-order valence-electron chi connectivity index (χ3n) is 4.44. The van der Waals surface area contributed by atoms with Gasteiger partial charge in [0.25, 0.3) is 0 Å². The molecule has 1 atom stereocenters. The van der Waals surface area contributed by atoms with Crippen molar-refractivity contribution in [2.24, 2.45) is 0 Å². The molecule has 30 heavy (non-hydrogen) atoms. The molecule has 0 saturated heterocycles. The highest BCUT2D eigenvalue weighted by molar-refractivity contribution is 7.92. The van der Waals surface area contributed by atoms with Crippen molar-refractivity contribution in [2.45, 2.75) is 6.10 Å². The number of methoxy groups -OCH3 is 2. The Morgan fingerprint density at radius 1 is 1.13 bits per heavy atom. The van der Waals surface area contributed by atoms with E-state index in [1.165, 1.54) is 20.3 Å². The first kappa shape index (κ1) is 21.6. The van der Waals surface area contributed by atoms with Gasteiger partial charge in [0.1, 0.15) is 19.3 Å². The molecule has 0 fully saturated rings. The lowest BCUT2D eigenvalue weighted by Gasteiger charge is -2.27. The quantitative estimate of drug-likeness (QED) is 0.668. The summed E-state index contributed by atoms with van der Waals surface area (Å²) >= 11 is 0. The topological polar surface area (TPSA) is 103 Å². The summed E-state index contributed by atoms with van der Waals surface area (Å²) in [6, 6.07) is 11.9. The van der Waals surface area contributed by atoms with Gasteiger partial charge in [-0.15, -0.1) is 0 Å². The third kappa shape index (κ3) is 5.07. The lowest BCUT2D eigenvalue weighted by molar-refractivity contribution is -0.120. The van der Waals surface area contributed by atoms with Crippen LogP contribution in [0.25, 0.3) is 0 Å². The number of anilines is 1. The molecule has 0 spiro atoms. The van der Waals surface area contributed by atoms with Crippen molar-refractivity contribution in [1.29, 1.82) is 0 Å². The first-order chi connectivity index (χ1) is 14.3. The molecule has 0 saturated carbocycles. The number of amides is 1. The molecule has 9 nitrogen and oxygen atoms in total. The van der Waals surface area contributed by atoms with Crippen LogP contribution >= 0.6 is 0 Å². The summed E-state index contributed by atoms with van der Waals surface area (Å²) in [5.41, 5.74) is 0.288. The van der Waals surface area contributed by atoms with Gasteiger partial charge in [0.05, 0.1) is 32.7 Å². The SMILES string of the molecule is COc1ccc(N(CC(=O)NC[C@@H]2COc3ccccc3O2)S(C)(=O)=O)cc1OC. The summed E-state index contributed by atoms with van der Waals surface area (Å²) < 4.78 is 47.4. The van der Waals surface area contributed by atoms with Crippen molar-refractivity contribution in [3.8, 4) is 23.0 Å². The lowest BCUT2D eigenvalue weighted by atomic mass is 10.2. The molecule has 3 rings (SSSR count). The van der Waals surface area contributed by atoms with Crippen LogP contribution in [0.4, 0.5) is 5.69 Å². The molecular weight excluding hydrogens is 412 g/mol. The number of carbonyl (C=O) groups excluding carboxylic acids is 1. The Morgan fingerprint density at radius 2 is 1.83 bits per heavy atom. The summed E-state index contributed by atoms with van der Waals surface area (Å²) in [5, 5.41) is 2.70. The lowest BCUT2D eigenvalue weighted by Crippen LogP contribution is -2.45. The minimum absolute atomic E-state index is 0.177. The van der Waals surface area contributed by atoms with E-state index in [1.54, 1.807) is 24.3 Å². The maximum absolute atomic E-state index is 12.5. The van der Waals surface area contributed by atoms with Gasteiger partial charge in [0.2, 0.25) is 15.9 Å².